The van der Waals surface area contributed by atoms with Gasteiger partial charge in [-0.25, -0.2) is 0 Å². The number of hydrogen-bond acceptors (Lipinski definition) is 5. The van der Waals surface area contributed by atoms with Gasteiger partial charge in [-0.3, -0.25) is 9.59 Å². The maximum atomic E-state index is 13.3. The molecule has 0 unspecified atom stereocenters. The van der Waals surface area contributed by atoms with Crippen molar-refractivity contribution < 1.29 is 18.8 Å². The van der Waals surface area contributed by atoms with E-state index in [0.717, 1.165) is 53.5 Å². The van der Waals surface area contributed by atoms with E-state index in [0.29, 0.717) is 22.6 Å². The van der Waals surface area contributed by atoms with E-state index < -0.39 is 6.04 Å². The van der Waals surface area contributed by atoms with Gasteiger partial charge in [0.05, 0.1) is 11.3 Å². The number of benzene rings is 1. The number of aryl methyl sites for hydroxylation is 2. The quantitative estimate of drug-likeness (QED) is 0.421. The van der Waals surface area contributed by atoms with Crippen LogP contribution in [0.25, 0.3) is 11.1 Å². The Bertz CT molecular complexity index is 1180. The summed E-state index contributed by atoms with van der Waals surface area (Å²) in [5, 5.41) is 21.7. The molecule has 1 aliphatic carbocycles. The number of nitrogens with zero attached hydrogens (tertiary/aromatic N) is 2. The average Bonchev–Trinajstić information content (AvgIpc) is 3.26. The molecule has 1 fully saturated rings. The van der Waals surface area contributed by atoms with Gasteiger partial charge >= 0.3 is 0 Å². The van der Waals surface area contributed by atoms with Gasteiger partial charge in [-0.1, -0.05) is 36.6 Å². The van der Waals surface area contributed by atoms with Crippen molar-refractivity contribution >= 4 is 17.5 Å². The van der Waals surface area contributed by atoms with E-state index in [-0.39, 0.29) is 17.7 Å². The zero-order valence-corrected chi connectivity index (χ0v) is 19.8. The SMILES string of the molecule is Cc1cc(-c2ccc(NC(=O)[C@H](NC(=O)c3conc3C)C3CCCCC3)cc2)c(C)[n+]([O-])c1. The van der Waals surface area contributed by atoms with E-state index in [9.17, 15) is 14.8 Å². The fraction of sp³-hybridized carbons (Fsp3) is 0.385. The first-order valence-corrected chi connectivity index (χ1v) is 11.7. The molecule has 1 aliphatic rings. The average molecular weight is 463 g/mol. The van der Waals surface area contributed by atoms with Crippen LogP contribution in [0.1, 0.15) is 59.4 Å². The molecule has 0 bridgehead atoms. The van der Waals surface area contributed by atoms with Crippen LogP contribution < -0.4 is 15.4 Å². The van der Waals surface area contributed by atoms with Crippen LogP contribution in [0.15, 0.2) is 47.3 Å². The maximum Gasteiger partial charge on any atom is 0.257 e. The number of anilines is 1. The lowest BCUT2D eigenvalue weighted by Gasteiger charge is -2.30. The first kappa shape index (κ1) is 23.5. The molecule has 8 heteroatoms. The Labute approximate surface area is 198 Å². The molecule has 34 heavy (non-hydrogen) atoms. The number of hydrogen-bond donors (Lipinski definition) is 2. The van der Waals surface area contributed by atoms with Gasteiger partial charge in [0.2, 0.25) is 5.91 Å². The van der Waals surface area contributed by atoms with Crippen LogP contribution in [0.3, 0.4) is 0 Å². The lowest BCUT2D eigenvalue weighted by molar-refractivity contribution is -0.612. The first-order chi connectivity index (χ1) is 16.3. The minimum absolute atomic E-state index is 0.0691. The van der Waals surface area contributed by atoms with E-state index >= 15 is 0 Å². The second kappa shape index (κ2) is 10.1. The summed E-state index contributed by atoms with van der Waals surface area (Å²) < 4.78 is 5.76. The minimum atomic E-state index is -0.653. The van der Waals surface area contributed by atoms with Gasteiger partial charge in [0.15, 0.2) is 11.9 Å². The van der Waals surface area contributed by atoms with Crippen LogP contribution in [0.5, 0.6) is 0 Å². The molecule has 2 amide bonds. The molecule has 1 saturated carbocycles. The van der Waals surface area contributed by atoms with Crippen LogP contribution >= 0.6 is 0 Å². The third-order valence-corrected chi connectivity index (χ3v) is 6.56. The van der Waals surface area contributed by atoms with Crippen molar-refractivity contribution in [2.75, 3.05) is 5.32 Å². The third kappa shape index (κ3) is 5.11. The summed E-state index contributed by atoms with van der Waals surface area (Å²) in [7, 11) is 0. The molecule has 0 spiro atoms. The predicted molar refractivity (Wildman–Crippen MR) is 128 cm³/mol. The van der Waals surface area contributed by atoms with Gasteiger partial charge in [-0.05, 0) is 56.4 Å². The summed E-state index contributed by atoms with van der Waals surface area (Å²) in [6, 6.07) is 8.71. The molecule has 2 heterocycles. The molecule has 2 N–H and O–H groups in total. The van der Waals surface area contributed by atoms with E-state index in [1.807, 2.05) is 37.3 Å². The van der Waals surface area contributed by atoms with Gasteiger partial charge in [-0.2, -0.15) is 4.73 Å². The minimum Gasteiger partial charge on any atom is -0.618 e. The number of aromatic nitrogens is 2. The number of amides is 2. The summed E-state index contributed by atoms with van der Waals surface area (Å²) in [5.41, 5.74) is 4.69. The molecular weight excluding hydrogens is 432 g/mol. The number of carbonyl (C=O) groups is 2. The highest BCUT2D eigenvalue weighted by molar-refractivity contribution is 6.01. The molecular formula is C26H30N4O4. The largest absolute Gasteiger partial charge is 0.618 e. The summed E-state index contributed by atoms with van der Waals surface area (Å²) in [6.45, 7) is 5.36. The number of carbonyl (C=O) groups excluding carboxylic acids is 2. The second-order valence-corrected chi connectivity index (χ2v) is 9.07. The van der Waals surface area contributed by atoms with Gasteiger partial charge < -0.3 is 20.4 Å². The van der Waals surface area contributed by atoms with Gasteiger partial charge in [0.25, 0.3) is 5.91 Å². The number of rotatable bonds is 6. The molecule has 0 aliphatic heterocycles. The lowest BCUT2D eigenvalue weighted by Crippen LogP contribution is -2.49. The van der Waals surface area contributed by atoms with E-state index in [1.165, 1.54) is 6.26 Å². The van der Waals surface area contributed by atoms with Crippen molar-refractivity contribution in [1.82, 2.24) is 10.5 Å². The van der Waals surface area contributed by atoms with Crippen molar-refractivity contribution in [2.24, 2.45) is 5.92 Å². The highest BCUT2D eigenvalue weighted by Gasteiger charge is 2.32. The highest BCUT2D eigenvalue weighted by Crippen LogP contribution is 2.28. The van der Waals surface area contributed by atoms with Crippen LogP contribution in [-0.4, -0.2) is 23.0 Å². The van der Waals surface area contributed by atoms with Crippen molar-refractivity contribution in [3.63, 3.8) is 0 Å². The molecule has 1 atom stereocenters. The van der Waals surface area contributed by atoms with Gasteiger partial charge in [-0.15, -0.1) is 0 Å². The second-order valence-electron chi connectivity index (χ2n) is 9.07. The van der Waals surface area contributed by atoms with Gasteiger partial charge in [0.1, 0.15) is 17.9 Å². The fourth-order valence-corrected chi connectivity index (χ4v) is 4.61. The van der Waals surface area contributed by atoms with Crippen LogP contribution in [0, 0.1) is 31.9 Å². The molecule has 2 aromatic heterocycles. The maximum absolute atomic E-state index is 13.3. The summed E-state index contributed by atoms with van der Waals surface area (Å²) in [5.74, 6) is -0.536. The van der Waals surface area contributed by atoms with E-state index in [2.05, 4.69) is 15.8 Å². The molecule has 3 aromatic rings. The lowest BCUT2D eigenvalue weighted by atomic mass is 9.83. The van der Waals surface area contributed by atoms with Crippen LogP contribution in [0.2, 0.25) is 0 Å². The molecule has 8 nitrogen and oxygen atoms in total. The molecule has 0 saturated heterocycles. The van der Waals surface area contributed by atoms with Gasteiger partial charge in [0, 0.05) is 18.2 Å². The molecule has 1 aromatic carbocycles. The predicted octanol–water partition coefficient (Wildman–Crippen LogP) is 4.22. The van der Waals surface area contributed by atoms with Crippen molar-refractivity contribution in [1.29, 1.82) is 0 Å². The number of pyridine rings is 1. The monoisotopic (exact) mass is 462 g/mol. The van der Waals surface area contributed by atoms with Crippen molar-refractivity contribution in [3.8, 4) is 11.1 Å². The van der Waals surface area contributed by atoms with Crippen LogP contribution in [0.4, 0.5) is 5.69 Å². The zero-order valence-electron chi connectivity index (χ0n) is 19.8. The topological polar surface area (TPSA) is 111 Å². The zero-order chi connectivity index (χ0) is 24.2. The van der Waals surface area contributed by atoms with E-state index in [1.54, 1.807) is 20.0 Å². The number of nitrogens with one attached hydrogen (secondary N) is 2. The van der Waals surface area contributed by atoms with Crippen LogP contribution in [-0.2, 0) is 4.79 Å². The standard InChI is InChI=1S/C26H30N4O4/c1-16-13-22(18(3)30(33)14-16)19-9-11-21(12-10-19)27-26(32)24(20-7-5-4-6-8-20)28-25(31)23-15-34-29-17(23)2/h9-15,20,24H,4-8H2,1-3H3,(H,27,32)(H,28,31)/t24-/m1/s1. The Morgan fingerprint density at radius 3 is 2.47 bits per heavy atom. The summed E-state index contributed by atoms with van der Waals surface area (Å²) in [4.78, 5) is 26.1. The summed E-state index contributed by atoms with van der Waals surface area (Å²) in [6.07, 6.45) is 7.87. The summed E-state index contributed by atoms with van der Waals surface area (Å²) >= 11 is 0. The normalized spacial score (nSPS) is 15.0. The van der Waals surface area contributed by atoms with Crippen molar-refractivity contribution in [3.05, 3.63) is 70.5 Å². The molecule has 178 valence electrons. The Morgan fingerprint density at radius 1 is 1.12 bits per heavy atom. The Morgan fingerprint density at radius 2 is 1.82 bits per heavy atom. The Balaban J connectivity index is 1.52. The fourth-order valence-electron chi connectivity index (χ4n) is 4.61. The molecule has 4 rings (SSSR count). The third-order valence-electron chi connectivity index (χ3n) is 6.56. The smallest absolute Gasteiger partial charge is 0.257 e. The highest BCUT2D eigenvalue weighted by atomic mass is 16.5. The first-order valence-electron chi connectivity index (χ1n) is 11.7. The van der Waals surface area contributed by atoms with Crippen molar-refractivity contribution in [2.45, 2.75) is 58.9 Å². The Kier molecular flexibility index (Phi) is 6.95. The van der Waals surface area contributed by atoms with E-state index in [4.69, 9.17) is 4.52 Å². The Hall–Kier alpha value is -3.68. The molecule has 0 radical (unpaired) electrons.